The first kappa shape index (κ1) is 15.0. The third kappa shape index (κ3) is 3.05. The second-order valence-corrected chi connectivity index (χ2v) is 6.21. The van der Waals surface area contributed by atoms with Crippen LogP contribution in [0.2, 0.25) is 0 Å². The van der Waals surface area contributed by atoms with Gasteiger partial charge in [0.2, 0.25) is 0 Å². The van der Waals surface area contributed by atoms with Gasteiger partial charge in [0.05, 0.1) is 16.8 Å². The average Bonchev–Trinajstić information content (AvgIpc) is 2.46. The summed E-state index contributed by atoms with van der Waals surface area (Å²) in [5.74, 6) is -0.639. The summed E-state index contributed by atoms with van der Waals surface area (Å²) in [6.07, 6.45) is 1.10. The zero-order valence-electron chi connectivity index (χ0n) is 11.5. The van der Waals surface area contributed by atoms with E-state index in [1.54, 1.807) is 18.2 Å². The Hall–Kier alpha value is -2.36. The number of hydrogen-bond donors (Lipinski definition) is 0. The van der Waals surface area contributed by atoms with E-state index in [-0.39, 0.29) is 10.6 Å². The lowest BCUT2D eigenvalue weighted by Crippen LogP contribution is -2.26. The van der Waals surface area contributed by atoms with Gasteiger partial charge >= 0.3 is 0 Å². The largest absolute Gasteiger partial charge is 0.268 e. The highest BCUT2D eigenvalue weighted by Gasteiger charge is 2.25. The monoisotopic (exact) mass is 303 g/mol. The molecule has 0 radical (unpaired) electrons. The molecule has 0 aliphatic carbocycles. The van der Waals surface area contributed by atoms with Crippen LogP contribution in [0.25, 0.3) is 0 Å². The number of sulfonamides is 1. The average molecular weight is 303 g/mol. The van der Waals surface area contributed by atoms with Crippen molar-refractivity contribution in [1.29, 1.82) is 0 Å². The molecule has 0 saturated carbocycles. The summed E-state index contributed by atoms with van der Waals surface area (Å²) in [7, 11) is -3.92. The van der Waals surface area contributed by atoms with Crippen LogP contribution < -0.4 is 4.31 Å². The van der Waals surface area contributed by atoms with E-state index in [1.807, 2.05) is 6.92 Å². The molecule has 0 saturated heterocycles. The van der Waals surface area contributed by atoms with Crippen molar-refractivity contribution in [2.45, 2.75) is 11.8 Å². The van der Waals surface area contributed by atoms with Crippen LogP contribution in [0.4, 0.5) is 10.1 Å². The van der Waals surface area contributed by atoms with Crippen molar-refractivity contribution in [1.82, 2.24) is 0 Å². The van der Waals surface area contributed by atoms with Crippen LogP contribution in [0.3, 0.4) is 0 Å². The van der Waals surface area contributed by atoms with E-state index in [9.17, 15) is 12.8 Å². The number of aryl methyl sites for hydroxylation is 1. The Labute approximate surface area is 123 Å². The molecule has 0 aliphatic rings. The van der Waals surface area contributed by atoms with Crippen LogP contribution in [-0.4, -0.2) is 8.42 Å². The molecule has 0 amide bonds. The van der Waals surface area contributed by atoms with Gasteiger partial charge in [-0.15, -0.1) is 5.73 Å². The maximum atomic E-state index is 13.9. The van der Waals surface area contributed by atoms with Crippen LogP contribution in [0, 0.1) is 12.7 Å². The van der Waals surface area contributed by atoms with Gasteiger partial charge in [0.25, 0.3) is 10.0 Å². The number of halogens is 1. The van der Waals surface area contributed by atoms with Crippen molar-refractivity contribution in [2.24, 2.45) is 0 Å². The van der Waals surface area contributed by atoms with Crippen molar-refractivity contribution < 1.29 is 12.8 Å². The fourth-order valence-electron chi connectivity index (χ4n) is 1.81. The lowest BCUT2D eigenvalue weighted by Gasteiger charge is -2.20. The molecule has 2 rings (SSSR count). The Bertz CT molecular complexity index is 791. The minimum absolute atomic E-state index is 0.0721. The van der Waals surface area contributed by atoms with E-state index < -0.39 is 15.8 Å². The lowest BCUT2D eigenvalue weighted by molar-refractivity contribution is 0.591. The number of nitrogens with zero attached hydrogens (tertiary/aromatic N) is 1. The van der Waals surface area contributed by atoms with Gasteiger partial charge < -0.3 is 0 Å². The molecule has 0 unspecified atom stereocenters. The predicted octanol–water partition coefficient (Wildman–Crippen LogP) is 3.63. The summed E-state index contributed by atoms with van der Waals surface area (Å²) in [5.41, 5.74) is 3.25. The summed E-state index contributed by atoms with van der Waals surface area (Å²) in [4.78, 5) is 0.0721. The summed E-state index contributed by atoms with van der Waals surface area (Å²) >= 11 is 0. The maximum Gasteiger partial charge on any atom is 0.268 e. The van der Waals surface area contributed by atoms with Crippen molar-refractivity contribution >= 4 is 15.7 Å². The van der Waals surface area contributed by atoms with Crippen LogP contribution in [0.5, 0.6) is 0 Å². The number of benzene rings is 2. The van der Waals surface area contributed by atoms with Gasteiger partial charge in [0.1, 0.15) is 5.82 Å². The Morgan fingerprint density at radius 1 is 1.14 bits per heavy atom. The molecule has 108 valence electrons. The van der Waals surface area contributed by atoms with E-state index in [4.69, 9.17) is 0 Å². The van der Waals surface area contributed by atoms with Gasteiger partial charge in [-0.3, -0.25) is 0 Å². The molecule has 0 N–H and O–H groups in total. The fourth-order valence-corrected chi connectivity index (χ4v) is 3.13. The topological polar surface area (TPSA) is 37.4 Å². The number of hydrogen-bond acceptors (Lipinski definition) is 2. The zero-order valence-corrected chi connectivity index (χ0v) is 12.3. The molecule has 0 atom stereocenters. The van der Waals surface area contributed by atoms with Gasteiger partial charge in [-0.25, -0.2) is 17.1 Å². The van der Waals surface area contributed by atoms with E-state index in [0.29, 0.717) is 0 Å². The first-order chi connectivity index (χ1) is 9.96. The van der Waals surface area contributed by atoms with Gasteiger partial charge in [-0.05, 0) is 31.2 Å². The smallest absolute Gasteiger partial charge is 0.231 e. The second-order valence-electron chi connectivity index (χ2n) is 4.40. The minimum atomic E-state index is -3.92. The summed E-state index contributed by atoms with van der Waals surface area (Å²) in [6, 6.07) is 12.0. The molecule has 2 aromatic rings. The van der Waals surface area contributed by atoms with E-state index in [1.165, 1.54) is 30.3 Å². The predicted molar refractivity (Wildman–Crippen MR) is 81.0 cm³/mol. The Morgan fingerprint density at radius 2 is 1.76 bits per heavy atom. The van der Waals surface area contributed by atoms with Crippen molar-refractivity contribution in [3.63, 3.8) is 0 Å². The van der Waals surface area contributed by atoms with E-state index in [0.717, 1.165) is 16.1 Å². The molecule has 0 bridgehead atoms. The maximum absolute atomic E-state index is 13.9. The van der Waals surface area contributed by atoms with Crippen molar-refractivity contribution in [3.05, 3.63) is 78.4 Å². The molecule has 5 heteroatoms. The molecule has 0 fully saturated rings. The standard InChI is InChI=1S/C16H14FNO2S/c1-3-12-18(16-7-5-4-6-15(16)17)21(19,20)14-10-8-13(2)9-11-14/h4-12H,1H2,2H3. The second kappa shape index (κ2) is 5.95. The minimum Gasteiger partial charge on any atom is -0.231 e. The van der Waals surface area contributed by atoms with E-state index >= 15 is 0 Å². The zero-order chi connectivity index (χ0) is 15.5. The van der Waals surface area contributed by atoms with Gasteiger partial charge in [0.15, 0.2) is 0 Å². The Kier molecular flexibility index (Phi) is 4.26. The summed E-state index contributed by atoms with van der Waals surface area (Å²) in [6.45, 7) is 5.22. The molecule has 3 nitrogen and oxygen atoms in total. The SMILES string of the molecule is C=C=CN(c1ccccc1F)S(=O)(=O)c1ccc(C)cc1. The molecule has 21 heavy (non-hydrogen) atoms. The van der Waals surface area contributed by atoms with Crippen LogP contribution in [0.15, 0.2) is 71.9 Å². The first-order valence-electron chi connectivity index (χ1n) is 6.18. The normalized spacial score (nSPS) is 10.8. The third-order valence-electron chi connectivity index (χ3n) is 2.88. The van der Waals surface area contributed by atoms with Crippen molar-refractivity contribution in [3.8, 4) is 0 Å². The molecule has 0 aromatic heterocycles. The molecular weight excluding hydrogens is 289 g/mol. The molecule has 0 spiro atoms. The summed E-state index contributed by atoms with van der Waals surface area (Å²) < 4.78 is 40.0. The van der Waals surface area contributed by atoms with Crippen LogP contribution in [0.1, 0.15) is 5.56 Å². The number of anilines is 1. The van der Waals surface area contributed by atoms with Gasteiger partial charge in [-0.2, -0.15) is 0 Å². The van der Waals surface area contributed by atoms with Gasteiger partial charge in [0, 0.05) is 0 Å². The molecular formula is C16H14FNO2S. The Morgan fingerprint density at radius 3 is 2.33 bits per heavy atom. The van der Waals surface area contributed by atoms with E-state index in [2.05, 4.69) is 12.3 Å². The highest BCUT2D eigenvalue weighted by molar-refractivity contribution is 7.93. The highest BCUT2D eigenvalue weighted by Crippen LogP contribution is 2.26. The Balaban J connectivity index is 2.60. The molecule has 0 aliphatic heterocycles. The third-order valence-corrected chi connectivity index (χ3v) is 4.56. The van der Waals surface area contributed by atoms with Crippen molar-refractivity contribution in [2.75, 3.05) is 4.31 Å². The quantitative estimate of drug-likeness (QED) is 0.809. The fraction of sp³-hybridized carbons (Fsp3) is 0.0625. The summed E-state index contributed by atoms with van der Waals surface area (Å²) in [5, 5.41) is 0. The van der Waals surface area contributed by atoms with Crippen LogP contribution >= 0.6 is 0 Å². The lowest BCUT2D eigenvalue weighted by atomic mass is 10.2. The number of para-hydroxylation sites is 1. The first-order valence-corrected chi connectivity index (χ1v) is 7.62. The molecule has 0 heterocycles. The number of rotatable bonds is 4. The molecule has 2 aromatic carbocycles. The van der Waals surface area contributed by atoms with Crippen LogP contribution in [-0.2, 0) is 10.0 Å². The highest BCUT2D eigenvalue weighted by atomic mass is 32.2. The van der Waals surface area contributed by atoms with Gasteiger partial charge in [-0.1, -0.05) is 36.4 Å².